The van der Waals surface area contributed by atoms with E-state index in [1.807, 2.05) is 19.1 Å². The molecule has 0 aromatic heterocycles. The Kier molecular flexibility index (Phi) is 4.50. The van der Waals surface area contributed by atoms with Crippen molar-refractivity contribution >= 4 is 5.69 Å². The first-order valence-electron chi connectivity index (χ1n) is 6.81. The highest BCUT2D eigenvalue weighted by Crippen LogP contribution is 2.31. The highest BCUT2D eigenvalue weighted by atomic mass is 16.6. The molecule has 0 bridgehead atoms. The SMILES string of the molecule is CC(c1ccccc1[N+](=O)[O-])N1CCCC(CN)C1. The second kappa shape index (κ2) is 6.12. The Morgan fingerprint density at radius 2 is 2.26 bits per heavy atom. The van der Waals surface area contributed by atoms with Crippen LogP contribution in [0.25, 0.3) is 0 Å². The summed E-state index contributed by atoms with van der Waals surface area (Å²) >= 11 is 0. The smallest absolute Gasteiger partial charge is 0.274 e. The average Bonchev–Trinajstić information content (AvgIpc) is 2.46. The van der Waals surface area contributed by atoms with Gasteiger partial charge in [-0.25, -0.2) is 0 Å². The van der Waals surface area contributed by atoms with Gasteiger partial charge in [0.2, 0.25) is 0 Å². The zero-order valence-electron chi connectivity index (χ0n) is 11.3. The van der Waals surface area contributed by atoms with Crippen molar-refractivity contribution in [1.82, 2.24) is 4.90 Å². The minimum Gasteiger partial charge on any atom is -0.330 e. The van der Waals surface area contributed by atoms with Gasteiger partial charge in [0.25, 0.3) is 5.69 Å². The van der Waals surface area contributed by atoms with Crippen LogP contribution in [0.5, 0.6) is 0 Å². The van der Waals surface area contributed by atoms with E-state index < -0.39 is 0 Å². The lowest BCUT2D eigenvalue weighted by Gasteiger charge is -2.36. The number of nitrogens with two attached hydrogens (primary N) is 1. The molecule has 0 spiro atoms. The molecule has 0 radical (unpaired) electrons. The second-order valence-electron chi connectivity index (χ2n) is 5.23. The third kappa shape index (κ3) is 3.11. The zero-order chi connectivity index (χ0) is 13.8. The van der Waals surface area contributed by atoms with Crippen LogP contribution in [0.1, 0.15) is 31.4 Å². The van der Waals surface area contributed by atoms with Gasteiger partial charge in [-0.1, -0.05) is 18.2 Å². The summed E-state index contributed by atoms with van der Waals surface area (Å²) < 4.78 is 0. The molecule has 1 aromatic carbocycles. The topological polar surface area (TPSA) is 72.4 Å². The number of nitro benzene ring substituents is 1. The summed E-state index contributed by atoms with van der Waals surface area (Å²) in [6, 6.07) is 7.08. The van der Waals surface area contributed by atoms with Gasteiger partial charge in [0.05, 0.1) is 4.92 Å². The van der Waals surface area contributed by atoms with Gasteiger partial charge in [0.1, 0.15) is 0 Å². The Morgan fingerprint density at radius 1 is 1.53 bits per heavy atom. The van der Waals surface area contributed by atoms with Crippen molar-refractivity contribution in [3.05, 3.63) is 39.9 Å². The highest BCUT2D eigenvalue weighted by Gasteiger charge is 2.27. The number of rotatable bonds is 4. The number of likely N-dealkylation sites (tertiary alicyclic amines) is 1. The Labute approximate surface area is 113 Å². The fraction of sp³-hybridized carbons (Fsp3) is 0.571. The van der Waals surface area contributed by atoms with Gasteiger partial charge < -0.3 is 5.73 Å². The number of benzene rings is 1. The van der Waals surface area contributed by atoms with Gasteiger partial charge in [0.15, 0.2) is 0 Å². The molecule has 5 heteroatoms. The summed E-state index contributed by atoms with van der Waals surface area (Å²) in [4.78, 5) is 13.1. The van der Waals surface area contributed by atoms with Crippen LogP contribution in [0.15, 0.2) is 24.3 Å². The van der Waals surface area contributed by atoms with E-state index in [4.69, 9.17) is 5.73 Å². The molecule has 2 N–H and O–H groups in total. The molecule has 1 aliphatic rings. The Morgan fingerprint density at radius 3 is 2.95 bits per heavy atom. The number of nitro groups is 1. The van der Waals surface area contributed by atoms with E-state index >= 15 is 0 Å². The van der Waals surface area contributed by atoms with Gasteiger partial charge in [-0.2, -0.15) is 0 Å². The van der Waals surface area contributed by atoms with Gasteiger partial charge in [-0.3, -0.25) is 15.0 Å². The lowest BCUT2D eigenvalue weighted by molar-refractivity contribution is -0.386. The van der Waals surface area contributed by atoms with Crippen LogP contribution in [-0.4, -0.2) is 29.5 Å². The van der Waals surface area contributed by atoms with Crippen molar-refractivity contribution < 1.29 is 4.92 Å². The number of hydrogen-bond acceptors (Lipinski definition) is 4. The molecule has 2 unspecified atom stereocenters. The summed E-state index contributed by atoms with van der Waals surface area (Å²) in [5.74, 6) is 0.513. The van der Waals surface area contributed by atoms with Crippen LogP contribution >= 0.6 is 0 Å². The third-order valence-electron chi connectivity index (χ3n) is 4.02. The molecule has 0 amide bonds. The fourth-order valence-corrected chi connectivity index (χ4v) is 2.85. The first-order valence-corrected chi connectivity index (χ1v) is 6.81. The summed E-state index contributed by atoms with van der Waals surface area (Å²) in [6.45, 7) is 4.66. The zero-order valence-corrected chi connectivity index (χ0v) is 11.3. The van der Waals surface area contributed by atoms with Crippen molar-refractivity contribution in [3.63, 3.8) is 0 Å². The van der Waals surface area contributed by atoms with E-state index in [9.17, 15) is 10.1 Å². The van der Waals surface area contributed by atoms with E-state index in [2.05, 4.69) is 4.90 Å². The van der Waals surface area contributed by atoms with E-state index in [1.165, 1.54) is 0 Å². The molecule has 0 aliphatic carbocycles. The second-order valence-corrected chi connectivity index (χ2v) is 5.23. The molecule has 19 heavy (non-hydrogen) atoms. The van der Waals surface area contributed by atoms with Gasteiger partial charge in [0, 0.05) is 24.2 Å². The van der Waals surface area contributed by atoms with E-state index in [1.54, 1.807) is 12.1 Å². The quantitative estimate of drug-likeness (QED) is 0.668. The maximum absolute atomic E-state index is 11.1. The monoisotopic (exact) mass is 263 g/mol. The fourth-order valence-electron chi connectivity index (χ4n) is 2.85. The maximum atomic E-state index is 11.1. The minimum atomic E-state index is -0.295. The van der Waals surface area contributed by atoms with Crippen LogP contribution in [0.3, 0.4) is 0 Å². The van der Waals surface area contributed by atoms with Crippen LogP contribution < -0.4 is 5.73 Å². The summed E-state index contributed by atoms with van der Waals surface area (Å²) in [5.41, 5.74) is 6.76. The first-order chi connectivity index (χ1) is 9.13. The number of piperidine rings is 1. The summed E-state index contributed by atoms with van der Waals surface area (Å²) in [5, 5.41) is 11.1. The molecule has 1 saturated heterocycles. The van der Waals surface area contributed by atoms with Crippen molar-refractivity contribution in [2.75, 3.05) is 19.6 Å². The molecule has 2 atom stereocenters. The molecule has 104 valence electrons. The lowest BCUT2D eigenvalue weighted by atomic mass is 9.95. The van der Waals surface area contributed by atoms with Crippen LogP contribution in [-0.2, 0) is 0 Å². The molecule has 1 aromatic rings. The lowest BCUT2D eigenvalue weighted by Crippen LogP contribution is -2.39. The largest absolute Gasteiger partial charge is 0.330 e. The normalized spacial score (nSPS) is 22.1. The van der Waals surface area contributed by atoms with Crippen molar-refractivity contribution in [2.45, 2.75) is 25.8 Å². The molecule has 5 nitrogen and oxygen atoms in total. The van der Waals surface area contributed by atoms with Gasteiger partial charge in [-0.05, 0) is 38.8 Å². The molecular weight excluding hydrogens is 242 g/mol. The van der Waals surface area contributed by atoms with E-state index in [-0.39, 0.29) is 16.7 Å². The summed E-state index contributed by atoms with van der Waals surface area (Å²) in [7, 11) is 0. The Hall–Kier alpha value is -1.46. The minimum absolute atomic E-state index is 0.0657. The average molecular weight is 263 g/mol. The molecule has 1 aliphatic heterocycles. The standard InChI is InChI=1S/C14H21N3O2/c1-11(16-8-4-5-12(9-15)10-16)13-6-2-3-7-14(13)17(18)19/h2-3,6-7,11-12H,4-5,8-10,15H2,1H3. The molecular formula is C14H21N3O2. The number of para-hydroxylation sites is 1. The Balaban J connectivity index is 2.19. The maximum Gasteiger partial charge on any atom is 0.274 e. The number of hydrogen-bond donors (Lipinski definition) is 1. The van der Waals surface area contributed by atoms with Gasteiger partial charge in [-0.15, -0.1) is 0 Å². The first kappa shape index (κ1) is 14.0. The Bertz CT molecular complexity index is 450. The molecule has 2 rings (SSSR count). The van der Waals surface area contributed by atoms with E-state index in [0.717, 1.165) is 31.5 Å². The van der Waals surface area contributed by atoms with Crippen LogP contribution in [0, 0.1) is 16.0 Å². The van der Waals surface area contributed by atoms with Crippen molar-refractivity contribution in [2.24, 2.45) is 11.7 Å². The summed E-state index contributed by atoms with van der Waals surface area (Å²) in [6.07, 6.45) is 2.28. The highest BCUT2D eigenvalue weighted by molar-refractivity contribution is 5.41. The van der Waals surface area contributed by atoms with E-state index in [0.29, 0.717) is 12.5 Å². The molecule has 0 saturated carbocycles. The van der Waals surface area contributed by atoms with Crippen LogP contribution in [0.4, 0.5) is 5.69 Å². The molecule has 1 fully saturated rings. The predicted octanol–water partition coefficient (Wildman–Crippen LogP) is 2.33. The predicted molar refractivity (Wildman–Crippen MR) is 74.9 cm³/mol. The third-order valence-corrected chi connectivity index (χ3v) is 4.02. The number of nitrogens with zero attached hydrogens (tertiary/aromatic N) is 2. The van der Waals surface area contributed by atoms with Crippen LogP contribution in [0.2, 0.25) is 0 Å². The van der Waals surface area contributed by atoms with Gasteiger partial charge >= 0.3 is 0 Å². The van der Waals surface area contributed by atoms with Crippen molar-refractivity contribution in [3.8, 4) is 0 Å². The molecule has 1 heterocycles. The van der Waals surface area contributed by atoms with Crippen molar-refractivity contribution in [1.29, 1.82) is 0 Å².